The fourth-order valence-electron chi connectivity index (χ4n) is 2.95. The van der Waals surface area contributed by atoms with Gasteiger partial charge in [0.15, 0.2) is 0 Å². The number of fused-ring (bicyclic) bond motifs is 1. The van der Waals surface area contributed by atoms with Crippen molar-refractivity contribution >= 4 is 15.9 Å². The molecule has 2 aliphatic heterocycles. The maximum atomic E-state index is 12.5. The van der Waals surface area contributed by atoms with Crippen LogP contribution in [0.4, 0.5) is 0 Å². The van der Waals surface area contributed by atoms with Crippen LogP contribution in [0.1, 0.15) is 10.4 Å². The summed E-state index contributed by atoms with van der Waals surface area (Å²) in [5, 5.41) is 3.28. The third kappa shape index (κ3) is 2.21. The number of sulfonamides is 1. The van der Waals surface area contributed by atoms with Gasteiger partial charge in [-0.05, 0) is 49.2 Å². The van der Waals surface area contributed by atoms with E-state index in [9.17, 15) is 13.2 Å². The second kappa shape index (κ2) is 4.83. The Morgan fingerprint density at radius 3 is 2.20 bits per heavy atom. The maximum absolute atomic E-state index is 12.5. The third-order valence-electron chi connectivity index (χ3n) is 4.13. The zero-order valence-corrected chi connectivity index (χ0v) is 11.8. The highest BCUT2D eigenvalue weighted by Gasteiger charge is 2.41. The lowest BCUT2D eigenvalue weighted by Gasteiger charge is -2.17. The molecule has 1 amide bonds. The van der Waals surface area contributed by atoms with Crippen molar-refractivity contribution in [1.82, 2.24) is 9.62 Å². The molecule has 0 bridgehead atoms. The van der Waals surface area contributed by atoms with Crippen molar-refractivity contribution in [3.63, 3.8) is 0 Å². The first-order valence-corrected chi connectivity index (χ1v) is 8.03. The van der Waals surface area contributed by atoms with Gasteiger partial charge in [-0.2, -0.15) is 4.31 Å². The SMILES string of the molecule is NC(=O)c1ccc(S(=O)(=O)N2CC3CNCC3C2)cc1. The van der Waals surface area contributed by atoms with Crippen molar-refractivity contribution < 1.29 is 13.2 Å². The van der Waals surface area contributed by atoms with Crippen molar-refractivity contribution in [3.8, 4) is 0 Å². The topological polar surface area (TPSA) is 92.5 Å². The highest BCUT2D eigenvalue weighted by Crippen LogP contribution is 2.30. The van der Waals surface area contributed by atoms with E-state index in [2.05, 4.69) is 5.32 Å². The summed E-state index contributed by atoms with van der Waals surface area (Å²) in [6.07, 6.45) is 0. The van der Waals surface area contributed by atoms with Gasteiger partial charge in [-0.15, -0.1) is 0 Å². The molecule has 2 heterocycles. The fraction of sp³-hybridized carbons (Fsp3) is 0.462. The van der Waals surface area contributed by atoms with E-state index >= 15 is 0 Å². The van der Waals surface area contributed by atoms with Crippen molar-refractivity contribution in [3.05, 3.63) is 29.8 Å². The Morgan fingerprint density at radius 1 is 1.15 bits per heavy atom. The molecule has 0 radical (unpaired) electrons. The van der Waals surface area contributed by atoms with E-state index in [-0.39, 0.29) is 4.90 Å². The minimum Gasteiger partial charge on any atom is -0.366 e. The number of amides is 1. The highest BCUT2D eigenvalue weighted by atomic mass is 32.2. The van der Waals surface area contributed by atoms with Crippen LogP contribution in [0.5, 0.6) is 0 Å². The largest absolute Gasteiger partial charge is 0.366 e. The molecule has 3 rings (SSSR count). The zero-order chi connectivity index (χ0) is 14.3. The number of nitrogens with zero attached hydrogens (tertiary/aromatic N) is 1. The van der Waals surface area contributed by atoms with Crippen LogP contribution in [0, 0.1) is 11.8 Å². The molecular weight excluding hydrogens is 278 g/mol. The predicted octanol–water partition coefficient (Wildman–Crippen LogP) is -0.375. The Hall–Kier alpha value is -1.44. The van der Waals surface area contributed by atoms with Crippen LogP contribution in [0.15, 0.2) is 29.2 Å². The Bertz CT molecular complexity index is 615. The van der Waals surface area contributed by atoms with Crippen LogP contribution >= 0.6 is 0 Å². The predicted molar refractivity (Wildman–Crippen MR) is 73.6 cm³/mol. The number of nitrogens with one attached hydrogen (secondary N) is 1. The van der Waals surface area contributed by atoms with Crippen molar-refractivity contribution in [2.75, 3.05) is 26.2 Å². The number of rotatable bonds is 3. The van der Waals surface area contributed by atoms with E-state index in [1.54, 1.807) is 4.31 Å². The van der Waals surface area contributed by atoms with Crippen molar-refractivity contribution in [2.24, 2.45) is 17.6 Å². The van der Waals surface area contributed by atoms with Gasteiger partial charge in [-0.1, -0.05) is 0 Å². The molecule has 1 aromatic carbocycles. The van der Waals surface area contributed by atoms with Crippen LogP contribution in [0.3, 0.4) is 0 Å². The molecule has 2 aliphatic rings. The van der Waals surface area contributed by atoms with Crippen LogP contribution in [0.2, 0.25) is 0 Å². The van der Waals surface area contributed by atoms with Gasteiger partial charge in [0, 0.05) is 18.7 Å². The Labute approximate surface area is 118 Å². The zero-order valence-electron chi connectivity index (χ0n) is 11.0. The van der Waals surface area contributed by atoms with Gasteiger partial charge in [0.05, 0.1) is 4.90 Å². The molecule has 0 saturated carbocycles. The number of hydrogen-bond donors (Lipinski definition) is 2. The standard InChI is InChI=1S/C13H17N3O3S/c14-13(17)9-1-3-12(4-2-9)20(18,19)16-7-10-5-15-6-11(10)8-16/h1-4,10-11,15H,5-8H2,(H2,14,17). The Kier molecular flexibility index (Phi) is 3.27. The van der Waals surface area contributed by atoms with Crippen LogP contribution in [-0.2, 0) is 10.0 Å². The molecule has 2 saturated heterocycles. The van der Waals surface area contributed by atoms with Gasteiger partial charge in [-0.3, -0.25) is 4.79 Å². The molecule has 20 heavy (non-hydrogen) atoms. The van der Waals surface area contributed by atoms with E-state index in [0.717, 1.165) is 13.1 Å². The molecule has 108 valence electrons. The fourth-order valence-corrected chi connectivity index (χ4v) is 4.50. The Morgan fingerprint density at radius 2 is 1.70 bits per heavy atom. The monoisotopic (exact) mass is 295 g/mol. The molecule has 1 aromatic rings. The molecule has 2 unspecified atom stereocenters. The lowest BCUT2D eigenvalue weighted by Crippen LogP contribution is -2.32. The normalized spacial score (nSPS) is 26.6. The van der Waals surface area contributed by atoms with E-state index < -0.39 is 15.9 Å². The summed E-state index contributed by atoms with van der Waals surface area (Å²) in [5.41, 5.74) is 5.46. The lowest BCUT2D eigenvalue weighted by molar-refractivity contribution is 0.1000. The molecule has 0 aliphatic carbocycles. The van der Waals surface area contributed by atoms with E-state index in [0.29, 0.717) is 30.5 Å². The molecule has 2 fully saturated rings. The molecule has 2 atom stereocenters. The summed E-state index contributed by atoms with van der Waals surface area (Å²) in [7, 11) is -3.47. The summed E-state index contributed by atoms with van der Waals surface area (Å²) in [6.45, 7) is 2.91. The second-order valence-corrected chi connectivity index (χ2v) is 7.33. The minimum atomic E-state index is -3.47. The van der Waals surface area contributed by atoms with E-state index in [1.807, 2.05) is 0 Å². The minimum absolute atomic E-state index is 0.218. The van der Waals surface area contributed by atoms with Crippen LogP contribution < -0.4 is 11.1 Å². The Balaban J connectivity index is 1.83. The van der Waals surface area contributed by atoms with E-state index in [4.69, 9.17) is 5.73 Å². The highest BCUT2D eigenvalue weighted by molar-refractivity contribution is 7.89. The molecule has 0 aromatic heterocycles. The van der Waals surface area contributed by atoms with E-state index in [1.165, 1.54) is 24.3 Å². The molecule has 3 N–H and O–H groups in total. The summed E-state index contributed by atoms with van der Waals surface area (Å²) in [6, 6.07) is 5.80. The quantitative estimate of drug-likeness (QED) is 0.795. The summed E-state index contributed by atoms with van der Waals surface area (Å²) in [4.78, 5) is 11.2. The second-order valence-electron chi connectivity index (χ2n) is 5.39. The summed E-state index contributed by atoms with van der Waals surface area (Å²) >= 11 is 0. The van der Waals surface area contributed by atoms with Crippen LogP contribution in [0.25, 0.3) is 0 Å². The van der Waals surface area contributed by atoms with Gasteiger partial charge in [0.2, 0.25) is 15.9 Å². The first-order valence-electron chi connectivity index (χ1n) is 6.59. The molecule has 7 heteroatoms. The van der Waals surface area contributed by atoms with Gasteiger partial charge in [0.25, 0.3) is 0 Å². The molecular formula is C13H17N3O3S. The van der Waals surface area contributed by atoms with Gasteiger partial charge < -0.3 is 11.1 Å². The summed E-state index contributed by atoms with van der Waals surface area (Å²) in [5.74, 6) is 0.264. The number of hydrogen-bond acceptors (Lipinski definition) is 4. The average Bonchev–Trinajstić information content (AvgIpc) is 2.99. The molecule has 0 spiro atoms. The number of carbonyl (C=O) groups is 1. The van der Waals surface area contributed by atoms with Gasteiger partial charge in [0.1, 0.15) is 0 Å². The van der Waals surface area contributed by atoms with Crippen molar-refractivity contribution in [2.45, 2.75) is 4.90 Å². The first kappa shape index (κ1) is 13.5. The maximum Gasteiger partial charge on any atom is 0.248 e. The molecule has 6 nitrogen and oxygen atoms in total. The number of nitrogens with two attached hydrogens (primary N) is 1. The van der Waals surface area contributed by atoms with Crippen LogP contribution in [-0.4, -0.2) is 44.8 Å². The third-order valence-corrected chi connectivity index (χ3v) is 5.98. The lowest BCUT2D eigenvalue weighted by atomic mass is 10.0. The average molecular weight is 295 g/mol. The number of carbonyl (C=O) groups excluding carboxylic acids is 1. The number of benzene rings is 1. The summed E-state index contributed by atoms with van der Waals surface area (Å²) < 4.78 is 26.6. The van der Waals surface area contributed by atoms with Gasteiger partial charge >= 0.3 is 0 Å². The first-order chi connectivity index (χ1) is 9.48. The number of primary amides is 1. The smallest absolute Gasteiger partial charge is 0.248 e. The van der Waals surface area contributed by atoms with Crippen molar-refractivity contribution in [1.29, 1.82) is 0 Å². The van der Waals surface area contributed by atoms with Gasteiger partial charge in [-0.25, -0.2) is 8.42 Å².